The van der Waals surface area contributed by atoms with E-state index in [1.54, 1.807) is 23.9 Å². The average molecular weight is 472 g/mol. The lowest BCUT2D eigenvalue weighted by atomic mass is 10.1. The zero-order valence-electron chi connectivity index (χ0n) is 17.8. The molecule has 3 aromatic rings. The predicted molar refractivity (Wildman–Crippen MR) is 126 cm³/mol. The fraction of sp³-hybridized carbons (Fsp3) is 0.304. The van der Waals surface area contributed by atoms with Gasteiger partial charge in [0.05, 0.1) is 28.7 Å². The molecule has 4 rings (SSSR count). The number of nitrogens with one attached hydrogen (secondary N) is 1. The molecule has 0 bridgehead atoms. The van der Waals surface area contributed by atoms with Crippen molar-refractivity contribution in [3.05, 3.63) is 60.2 Å². The SMILES string of the molecule is Cc1cc(SCCC(=O)Nc2ccc(S(=O)(=O)N3CCOCC3)cc2)nc2ccccc12. The van der Waals surface area contributed by atoms with E-state index < -0.39 is 10.0 Å². The van der Waals surface area contributed by atoms with Crippen LogP contribution in [0.5, 0.6) is 0 Å². The highest BCUT2D eigenvalue weighted by molar-refractivity contribution is 7.99. The van der Waals surface area contributed by atoms with Crippen LogP contribution in [0.2, 0.25) is 0 Å². The van der Waals surface area contributed by atoms with Gasteiger partial charge in [0.2, 0.25) is 15.9 Å². The first-order valence-electron chi connectivity index (χ1n) is 10.4. The Kier molecular flexibility index (Phi) is 7.10. The van der Waals surface area contributed by atoms with Crippen LogP contribution < -0.4 is 5.32 Å². The van der Waals surface area contributed by atoms with E-state index in [0.29, 0.717) is 44.2 Å². The summed E-state index contributed by atoms with van der Waals surface area (Å²) in [5.41, 5.74) is 2.68. The molecule has 1 aromatic heterocycles. The van der Waals surface area contributed by atoms with Crippen molar-refractivity contribution in [2.75, 3.05) is 37.4 Å². The third-order valence-corrected chi connectivity index (χ3v) is 8.05. The number of para-hydroxylation sites is 1. The third-order valence-electron chi connectivity index (χ3n) is 5.22. The van der Waals surface area contributed by atoms with Crippen LogP contribution in [0.1, 0.15) is 12.0 Å². The molecule has 9 heteroatoms. The number of hydrogen-bond donors (Lipinski definition) is 1. The van der Waals surface area contributed by atoms with E-state index in [1.807, 2.05) is 24.3 Å². The summed E-state index contributed by atoms with van der Waals surface area (Å²) in [5.74, 6) is 0.471. The molecule has 1 aliphatic heterocycles. The molecule has 0 atom stereocenters. The Labute approximate surface area is 192 Å². The zero-order chi connectivity index (χ0) is 22.6. The van der Waals surface area contributed by atoms with Crippen LogP contribution >= 0.6 is 11.8 Å². The maximum atomic E-state index is 12.7. The van der Waals surface area contributed by atoms with Crippen molar-refractivity contribution < 1.29 is 17.9 Å². The molecule has 0 spiro atoms. The number of benzene rings is 2. The number of aromatic nitrogens is 1. The van der Waals surface area contributed by atoms with Crippen LogP contribution in [-0.4, -0.2) is 55.7 Å². The standard InChI is InChI=1S/C23H25N3O4S2/c1-17-16-23(25-21-5-3-2-4-20(17)21)31-15-10-22(27)24-18-6-8-19(9-7-18)32(28,29)26-11-13-30-14-12-26/h2-9,16H,10-15H2,1H3,(H,24,27). The minimum absolute atomic E-state index is 0.126. The topological polar surface area (TPSA) is 88.6 Å². The average Bonchev–Trinajstić information content (AvgIpc) is 2.80. The Morgan fingerprint density at radius 2 is 1.84 bits per heavy atom. The minimum Gasteiger partial charge on any atom is -0.379 e. The lowest BCUT2D eigenvalue weighted by Gasteiger charge is -2.26. The molecule has 0 unspecified atom stereocenters. The molecule has 1 amide bonds. The smallest absolute Gasteiger partial charge is 0.243 e. The number of carbonyl (C=O) groups is 1. The number of fused-ring (bicyclic) bond motifs is 1. The molecule has 0 radical (unpaired) electrons. The van der Waals surface area contributed by atoms with Gasteiger partial charge in [-0.25, -0.2) is 13.4 Å². The summed E-state index contributed by atoms with van der Waals surface area (Å²) in [4.78, 5) is 17.2. The highest BCUT2D eigenvalue weighted by Gasteiger charge is 2.26. The molecule has 0 saturated carbocycles. The van der Waals surface area contributed by atoms with E-state index in [0.717, 1.165) is 21.5 Å². The van der Waals surface area contributed by atoms with E-state index in [2.05, 4.69) is 23.3 Å². The molecule has 1 aliphatic rings. The number of morpholine rings is 1. The predicted octanol–water partition coefficient (Wildman–Crippen LogP) is 3.69. The summed E-state index contributed by atoms with van der Waals surface area (Å²) >= 11 is 1.54. The second-order valence-electron chi connectivity index (χ2n) is 7.48. The molecule has 2 aromatic carbocycles. The van der Waals surface area contributed by atoms with Gasteiger partial charge in [-0.15, -0.1) is 11.8 Å². The van der Waals surface area contributed by atoms with Crippen molar-refractivity contribution >= 4 is 44.3 Å². The normalized spacial score (nSPS) is 15.0. The molecule has 1 saturated heterocycles. The first kappa shape index (κ1) is 22.7. The van der Waals surface area contributed by atoms with Crippen molar-refractivity contribution in [3.63, 3.8) is 0 Å². The minimum atomic E-state index is -3.54. The summed E-state index contributed by atoms with van der Waals surface area (Å²) in [5, 5.41) is 4.85. The Hall–Kier alpha value is -2.46. The van der Waals surface area contributed by atoms with Gasteiger partial charge in [-0.05, 0) is 48.9 Å². The first-order chi connectivity index (χ1) is 15.4. The van der Waals surface area contributed by atoms with Crippen molar-refractivity contribution in [3.8, 4) is 0 Å². The second-order valence-corrected chi connectivity index (χ2v) is 10.5. The van der Waals surface area contributed by atoms with Gasteiger partial charge in [-0.1, -0.05) is 18.2 Å². The maximum absolute atomic E-state index is 12.7. The molecule has 1 fully saturated rings. The van der Waals surface area contributed by atoms with E-state index in [9.17, 15) is 13.2 Å². The number of thioether (sulfide) groups is 1. The third kappa shape index (κ3) is 5.29. The van der Waals surface area contributed by atoms with Crippen molar-refractivity contribution in [2.24, 2.45) is 0 Å². The molecule has 2 heterocycles. The fourth-order valence-electron chi connectivity index (χ4n) is 3.51. The Morgan fingerprint density at radius 3 is 2.59 bits per heavy atom. The molecular formula is C23H25N3O4S2. The summed E-state index contributed by atoms with van der Waals surface area (Å²) in [7, 11) is -3.54. The van der Waals surface area contributed by atoms with Crippen molar-refractivity contribution in [1.29, 1.82) is 0 Å². The molecule has 168 valence electrons. The number of nitrogens with zero attached hydrogens (tertiary/aromatic N) is 2. The number of aryl methyl sites for hydroxylation is 1. The van der Waals surface area contributed by atoms with Gasteiger partial charge in [0.25, 0.3) is 0 Å². The quantitative estimate of drug-likeness (QED) is 0.529. The Bertz CT molecular complexity index is 1210. The first-order valence-corrected chi connectivity index (χ1v) is 12.8. The van der Waals surface area contributed by atoms with E-state index in [4.69, 9.17) is 4.74 Å². The van der Waals surface area contributed by atoms with E-state index >= 15 is 0 Å². The van der Waals surface area contributed by atoms with Crippen LogP contribution in [0.4, 0.5) is 5.69 Å². The van der Waals surface area contributed by atoms with Gasteiger partial charge >= 0.3 is 0 Å². The lowest BCUT2D eigenvalue weighted by Crippen LogP contribution is -2.40. The van der Waals surface area contributed by atoms with Crippen LogP contribution in [0.3, 0.4) is 0 Å². The van der Waals surface area contributed by atoms with Crippen molar-refractivity contribution in [1.82, 2.24) is 9.29 Å². The van der Waals surface area contributed by atoms with Gasteiger partial charge in [0.1, 0.15) is 0 Å². The second kappa shape index (κ2) is 9.99. The van der Waals surface area contributed by atoms with Gasteiger partial charge < -0.3 is 10.1 Å². The highest BCUT2D eigenvalue weighted by atomic mass is 32.2. The summed E-state index contributed by atoms with van der Waals surface area (Å²) in [6.07, 6.45) is 0.325. The number of hydrogen-bond acceptors (Lipinski definition) is 6. The monoisotopic (exact) mass is 471 g/mol. The number of sulfonamides is 1. The summed E-state index contributed by atoms with van der Waals surface area (Å²) in [6, 6.07) is 16.3. The highest BCUT2D eigenvalue weighted by Crippen LogP contribution is 2.24. The molecule has 1 N–H and O–H groups in total. The van der Waals surface area contributed by atoms with Crippen molar-refractivity contribution in [2.45, 2.75) is 23.3 Å². The number of rotatable bonds is 7. The van der Waals surface area contributed by atoms with Gasteiger partial charge in [-0.2, -0.15) is 4.31 Å². The number of ether oxygens (including phenoxy) is 1. The molecule has 7 nitrogen and oxygen atoms in total. The van der Waals surface area contributed by atoms with E-state index in [-0.39, 0.29) is 10.8 Å². The Morgan fingerprint density at radius 1 is 1.12 bits per heavy atom. The van der Waals surface area contributed by atoms with Gasteiger partial charge in [0.15, 0.2) is 0 Å². The van der Waals surface area contributed by atoms with E-state index in [1.165, 1.54) is 16.4 Å². The number of pyridine rings is 1. The summed E-state index contributed by atoms with van der Waals surface area (Å²) in [6.45, 7) is 3.57. The van der Waals surface area contributed by atoms with Crippen LogP contribution in [0.15, 0.2) is 64.5 Å². The van der Waals surface area contributed by atoms with Crippen LogP contribution in [0.25, 0.3) is 10.9 Å². The molecule has 0 aliphatic carbocycles. The van der Waals surface area contributed by atoms with Gasteiger partial charge in [-0.3, -0.25) is 4.79 Å². The summed E-state index contributed by atoms with van der Waals surface area (Å²) < 4.78 is 32.0. The van der Waals surface area contributed by atoms with Gasteiger partial charge in [0, 0.05) is 36.3 Å². The molecular weight excluding hydrogens is 446 g/mol. The number of anilines is 1. The molecule has 32 heavy (non-hydrogen) atoms. The Balaban J connectivity index is 1.31. The van der Waals surface area contributed by atoms with Crippen LogP contribution in [-0.2, 0) is 19.6 Å². The zero-order valence-corrected chi connectivity index (χ0v) is 19.4. The lowest BCUT2D eigenvalue weighted by molar-refractivity contribution is -0.115. The van der Waals surface area contributed by atoms with Crippen LogP contribution in [0, 0.1) is 6.92 Å². The largest absolute Gasteiger partial charge is 0.379 e. The number of carbonyl (C=O) groups excluding carboxylic acids is 1. The fourth-order valence-corrected chi connectivity index (χ4v) is 5.84. The maximum Gasteiger partial charge on any atom is 0.243 e. The number of amides is 1.